The first-order chi connectivity index (χ1) is 9.19. The highest BCUT2D eigenvalue weighted by atomic mass is 16.5. The van der Waals surface area contributed by atoms with Crippen LogP contribution in [0.3, 0.4) is 0 Å². The van der Waals surface area contributed by atoms with Crippen LogP contribution in [-0.4, -0.2) is 30.6 Å². The maximum atomic E-state index is 5.87. The smallest absolute Gasteiger partial charge is 0.0943 e. The van der Waals surface area contributed by atoms with Gasteiger partial charge in [0.25, 0.3) is 0 Å². The number of likely N-dealkylation sites (tertiary alicyclic amines) is 1. The van der Waals surface area contributed by atoms with Gasteiger partial charge in [0.05, 0.1) is 18.5 Å². The number of hydrogen-bond acceptors (Lipinski definition) is 3. The highest BCUT2D eigenvalue weighted by Gasteiger charge is 2.28. The van der Waals surface area contributed by atoms with Gasteiger partial charge in [-0.05, 0) is 12.5 Å². The minimum absolute atomic E-state index is 0.308. The van der Waals surface area contributed by atoms with Crippen molar-refractivity contribution in [2.24, 2.45) is 0 Å². The number of benzene rings is 1. The number of hydrogen-bond donors (Lipinski definition) is 1. The molecule has 0 spiro atoms. The summed E-state index contributed by atoms with van der Waals surface area (Å²) in [4.78, 5) is 2.18. The maximum absolute atomic E-state index is 5.87. The molecule has 1 aliphatic heterocycles. The fourth-order valence-electron chi connectivity index (χ4n) is 2.08. The molecule has 0 amide bonds. The quantitative estimate of drug-likeness (QED) is 0.760. The standard InChI is InChI=1S/C16H22N2O/c1-4-8-17-14(3)18-10-16(11-18)19-12-15-7-5-6-13(2)9-15/h4-7,9,16-17H,1,3,8,10-12H2,2H3. The summed E-state index contributed by atoms with van der Waals surface area (Å²) in [6.07, 6.45) is 2.14. The van der Waals surface area contributed by atoms with Crippen molar-refractivity contribution in [2.75, 3.05) is 19.6 Å². The highest BCUT2D eigenvalue weighted by molar-refractivity contribution is 5.21. The Hall–Kier alpha value is -1.74. The molecule has 3 nitrogen and oxygen atoms in total. The molecule has 0 unspecified atom stereocenters. The Bertz CT molecular complexity index is 450. The van der Waals surface area contributed by atoms with Crippen LogP contribution in [0, 0.1) is 6.92 Å². The Morgan fingerprint density at radius 2 is 2.32 bits per heavy atom. The van der Waals surface area contributed by atoms with E-state index in [1.165, 1.54) is 11.1 Å². The van der Waals surface area contributed by atoms with Crippen LogP contribution in [0.1, 0.15) is 11.1 Å². The molecule has 1 N–H and O–H groups in total. The minimum atomic E-state index is 0.308. The monoisotopic (exact) mass is 258 g/mol. The SMILES string of the molecule is C=CCNC(=C)N1CC(OCc2cccc(C)c2)C1. The second-order valence-corrected chi connectivity index (χ2v) is 4.94. The molecule has 0 aliphatic carbocycles. The van der Waals surface area contributed by atoms with Crippen LogP contribution >= 0.6 is 0 Å². The molecule has 1 aliphatic rings. The number of nitrogens with one attached hydrogen (secondary N) is 1. The van der Waals surface area contributed by atoms with Crippen molar-refractivity contribution in [3.8, 4) is 0 Å². The Morgan fingerprint density at radius 3 is 3.00 bits per heavy atom. The molecule has 0 aromatic heterocycles. The molecule has 1 fully saturated rings. The first-order valence-electron chi connectivity index (χ1n) is 6.65. The van der Waals surface area contributed by atoms with Gasteiger partial charge in [0.2, 0.25) is 0 Å². The van der Waals surface area contributed by atoms with Crippen molar-refractivity contribution in [3.63, 3.8) is 0 Å². The van der Waals surface area contributed by atoms with Crippen molar-refractivity contribution >= 4 is 0 Å². The van der Waals surface area contributed by atoms with Gasteiger partial charge in [-0.1, -0.05) is 42.5 Å². The predicted octanol–water partition coefficient (Wildman–Crippen LogP) is 2.44. The highest BCUT2D eigenvalue weighted by Crippen LogP contribution is 2.17. The van der Waals surface area contributed by atoms with Crippen molar-refractivity contribution in [3.05, 3.63) is 60.4 Å². The summed E-state index contributed by atoms with van der Waals surface area (Å²) >= 11 is 0. The van der Waals surface area contributed by atoms with Crippen LogP contribution in [0.5, 0.6) is 0 Å². The molecule has 0 atom stereocenters. The summed E-state index contributed by atoms with van der Waals surface area (Å²) in [5.74, 6) is 0.954. The molecule has 2 rings (SSSR count). The normalized spacial score (nSPS) is 14.9. The lowest BCUT2D eigenvalue weighted by Crippen LogP contribution is -2.53. The molecule has 1 aromatic rings. The summed E-state index contributed by atoms with van der Waals surface area (Å²) in [5.41, 5.74) is 2.51. The molecule has 102 valence electrons. The lowest BCUT2D eigenvalue weighted by molar-refractivity contribution is -0.0506. The molecule has 0 saturated carbocycles. The summed E-state index contributed by atoms with van der Waals surface area (Å²) in [7, 11) is 0. The van der Waals surface area contributed by atoms with E-state index in [2.05, 4.69) is 54.6 Å². The van der Waals surface area contributed by atoms with Gasteiger partial charge in [-0.25, -0.2) is 0 Å². The minimum Gasteiger partial charge on any atom is -0.370 e. The van der Waals surface area contributed by atoms with E-state index in [4.69, 9.17) is 4.74 Å². The van der Waals surface area contributed by atoms with Crippen LogP contribution in [0.15, 0.2) is 49.3 Å². The van der Waals surface area contributed by atoms with Gasteiger partial charge in [-0.2, -0.15) is 0 Å². The lowest BCUT2D eigenvalue weighted by atomic mass is 10.1. The number of rotatable bonds is 7. The van der Waals surface area contributed by atoms with E-state index in [1.807, 2.05) is 6.08 Å². The largest absolute Gasteiger partial charge is 0.370 e. The van der Waals surface area contributed by atoms with E-state index < -0.39 is 0 Å². The first kappa shape index (κ1) is 13.7. The van der Waals surface area contributed by atoms with Gasteiger partial charge in [0.15, 0.2) is 0 Å². The van der Waals surface area contributed by atoms with Crippen molar-refractivity contribution in [1.29, 1.82) is 0 Å². The topological polar surface area (TPSA) is 24.5 Å². The van der Waals surface area contributed by atoms with Crippen molar-refractivity contribution in [1.82, 2.24) is 10.2 Å². The molecule has 3 heteroatoms. The maximum Gasteiger partial charge on any atom is 0.0943 e. The third-order valence-corrected chi connectivity index (χ3v) is 3.25. The van der Waals surface area contributed by atoms with Crippen LogP contribution in [-0.2, 0) is 11.3 Å². The van der Waals surface area contributed by atoms with Gasteiger partial charge in [0.1, 0.15) is 0 Å². The van der Waals surface area contributed by atoms with Crippen LogP contribution in [0.2, 0.25) is 0 Å². The van der Waals surface area contributed by atoms with Gasteiger partial charge in [-0.15, -0.1) is 6.58 Å². The van der Waals surface area contributed by atoms with Crippen molar-refractivity contribution < 1.29 is 4.74 Å². The first-order valence-corrected chi connectivity index (χ1v) is 6.65. The predicted molar refractivity (Wildman–Crippen MR) is 78.7 cm³/mol. The molecule has 19 heavy (non-hydrogen) atoms. The number of aryl methyl sites for hydroxylation is 1. The zero-order valence-electron chi connectivity index (χ0n) is 11.6. The number of ether oxygens (including phenoxy) is 1. The molecule has 1 saturated heterocycles. The van der Waals surface area contributed by atoms with Crippen LogP contribution < -0.4 is 5.32 Å². The average Bonchev–Trinajstić information content (AvgIpc) is 2.34. The molecule has 1 heterocycles. The van der Waals surface area contributed by atoms with Gasteiger partial charge in [-0.3, -0.25) is 0 Å². The van der Waals surface area contributed by atoms with Crippen molar-refractivity contribution in [2.45, 2.75) is 19.6 Å². The third kappa shape index (κ3) is 3.86. The fraction of sp³-hybridized carbons (Fsp3) is 0.375. The zero-order chi connectivity index (χ0) is 13.7. The molecular formula is C16H22N2O. The average molecular weight is 258 g/mol. The third-order valence-electron chi connectivity index (χ3n) is 3.25. The fourth-order valence-corrected chi connectivity index (χ4v) is 2.08. The van der Waals surface area contributed by atoms with Gasteiger partial charge in [0, 0.05) is 19.6 Å². The summed E-state index contributed by atoms with van der Waals surface area (Å²) in [6.45, 7) is 13.0. The Balaban J connectivity index is 1.68. The second-order valence-electron chi connectivity index (χ2n) is 4.94. The number of nitrogens with zero attached hydrogens (tertiary/aromatic N) is 1. The molecule has 0 bridgehead atoms. The van der Waals surface area contributed by atoms with E-state index >= 15 is 0 Å². The second kappa shape index (κ2) is 6.43. The van der Waals surface area contributed by atoms with E-state index in [0.29, 0.717) is 12.7 Å². The van der Waals surface area contributed by atoms with Gasteiger partial charge < -0.3 is 15.0 Å². The Kier molecular flexibility index (Phi) is 4.63. The van der Waals surface area contributed by atoms with Crippen LogP contribution in [0.4, 0.5) is 0 Å². The zero-order valence-corrected chi connectivity index (χ0v) is 11.6. The molecule has 0 radical (unpaired) electrons. The molecular weight excluding hydrogens is 236 g/mol. The lowest BCUT2D eigenvalue weighted by Gasteiger charge is -2.41. The van der Waals surface area contributed by atoms with E-state index in [0.717, 1.165) is 25.5 Å². The van der Waals surface area contributed by atoms with E-state index in [9.17, 15) is 0 Å². The van der Waals surface area contributed by atoms with Gasteiger partial charge >= 0.3 is 0 Å². The summed E-state index contributed by atoms with van der Waals surface area (Å²) in [5, 5.41) is 3.19. The Morgan fingerprint density at radius 1 is 1.53 bits per heavy atom. The van der Waals surface area contributed by atoms with E-state index in [-0.39, 0.29) is 0 Å². The van der Waals surface area contributed by atoms with Crippen LogP contribution in [0.25, 0.3) is 0 Å². The summed E-state index contributed by atoms with van der Waals surface area (Å²) in [6, 6.07) is 8.45. The molecule has 1 aromatic carbocycles. The Labute approximate surface area is 115 Å². The summed E-state index contributed by atoms with van der Waals surface area (Å²) < 4.78 is 5.87. The van der Waals surface area contributed by atoms with E-state index in [1.54, 1.807) is 0 Å².